The van der Waals surface area contributed by atoms with Crippen LogP contribution in [0.4, 0.5) is 0 Å². The maximum atomic E-state index is 10.8. The summed E-state index contributed by atoms with van der Waals surface area (Å²) in [5, 5.41) is 0. The minimum absolute atomic E-state index is 0.169. The highest BCUT2D eigenvalue weighted by molar-refractivity contribution is 7.75. The van der Waals surface area contributed by atoms with Crippen molar-refractivity contribution in [1.29, 1.82) is 0 Å². The van der Waals surface area contributed by atoms with Gasteiger partial charge in [-0.1, -0.05) is 0 Å². The molecule has 6 nitrogen and oxygen atoms in total. The molecule has 1 saturated heterocycles. The second-order valence-corrected chi connectivity index (χ2v) is 2.92. The number of hydrogen-bond donors (Lipinski definition) is 2. The molecule has 7 heteroatoms. The highest BCUT2D eigenvalue weighted by atomic mass is 32.1. The van der Waals surface area contributed by atoms with Crippen LogP contribution in [0.5, 0.6) is 6.01 Å². The molecule has 0 saturated carbocycles. The van der Waals surface area contributed by atoms with Gasteiger partial charge in [-0.2, -0.15) is 0 Å². The van der Waals surface area contributed by atoms with Gasteiger partial charge in [0.25, 0.3) is 0 Å². The Kier molecular flexibility index (Phi) is 2.51. The molecule has 2 rings (SSSR count). The molecule has 0 aliphatic carbocycles. The summed E-state index contributed by atoms with van der Waals surface area (Å²) < 4.78 is 4.51. The van der Waals surface area contributed by atoms with Crippen molar-refractivity contribution < 1.29 is 13.8 Å². The number of nitrogens with one attached hydrogen (secondary N) is 1. The van der Waals surface area contributed by atoms with E-state index in [1.165, 1.54) is 0 Å². The average Bonchev–Trinajstić information content (AvgIpc) is 2.65. The third-order valence-electron chi connectivity index (χ3n) is 1.82. The van der Waals surface area contributed by atoms with Crippen LogP contribution in [0.25, 0.3) is 0 Å². The molecule has 1 fully saturated rings. The van der Waals surface area contributed by atoms with Crippen molar-refractivity contribution in [3.05, 3.63) is 18.0 Å². The van der Waals surface area contributed by atoms with Crippen LogP contribution >= 0.6 is 12.9 Å². The van der Waals surface area contributed by atoms with E-state index in [2.05, 4.69) is 37.4 Å². The Labute approximate surface area is 85.2 Å². The molecule has 1 aliphatic rings. The van der Waals surface area contributed by atoms with E-state index in [9.17, 15) is 4.79 Å². The summed E-state index contributed by atoms with van der Waals surface area (Å²) in [6, 6.07) is -0.0150. The number of carbonyl (C=O) groups is 1. The molecule has 1 aromatic rings. The predicted molar refractivity (Wildman–Crippen MR) is 48.2 cm³/mol. The fourth-order valence-corrected chi connectivity index (χ4v) is 1.22. The first-order valence-corrected chi connectivity index (χ1v) is 4.24. The van der Waals surface area contributed by atoms with E-state index in [0.717, 1.165) is 5.56 Å². The summed E-state index contributed by atoms with van der Waals surface area (Å²) in [7, 11) is 0. The van der Waals surface area contributed by atoms with E-state index in [1.807, 2.05) is 0 Å². The molecule has 1 aliphatic heterocycles. The second kappa shape index (κ2) is 3.81. The maximum Gasteiger partial charge on any atom is 0.328 e. The lowest BCUT2D eigenvalue weighted by Gasteiger charge is -2.05. The van der Waals surface area contributed by atoms with E-state index in [1.54, 1.807) is 12.4 Å². The molecule has 0 amide bonds. The van der Waals surface area contributed by atoms with E-state index in [-0.39, 0.29) is 24.4 Å². The molecule has 0 spiro atoms. The monoisotopic (exact) mass is 213 g/mol. The molecule has 2 heterocycles. The van der Waals surface area contributed by atoms with Crippen molar-refractivity contribution in [2.24, 2.45) is 0 Å². The number of aromatic nitrogens is 2. The number of hydroxylamine groups is 1. The Balaban J connectivity index is 2.13. The number of hydrogen-bond acceptors (Lipinski definition) is 7. The summed E-state index contributed by atoms with van der Waals surface area (Å²) in [6.07, 6.45) is 3.39. The molecule has 0 bridgehead atoms. The van der Waals surface area contributed by atoms with Gasteiger partial charge in [0.2, 0.25) is 0 Å². The van der Waals surface area contributed by atoms with E-state index in [4.69, 9.17) is 0 Å². The molecular formula is C7H7N3O3S. The number of nitrogens with zero attached hydrogens (tertiary/aromatic N) is 2. The Morgan fingerprint density at radius 3 is 2.79 bits per heavy atom. The van der Waals surface area contributed by atoms with Gasteiger partial charge in [-0.3, -0.25) is 4.79 Å². The largest absolute Gasteiger partial charge is 0.392 e. The number of carbonyl (C=O) groups excluding carboxylic acids is 1. The highest BCUT2D eigenvalue weighted by Gasteiger charge is 2.25. The quantitative estimate of drug-likeness (QED) is 0.539. The van der Waals surface area contributed by atoms with E-state index < -0.39 is 0 Å². The van der Waals surface area contributed by atoms with E-state index >= 15 is 0 Å². The zero-order valence-electron chi connectivity index (χ0n) is 7.01. The van der Waals surface area contributed by atoms with Crippen molar-refractivity contribution in [1.82, 2.24) is 15.4 Å². The van der Waals surface area contributed by atoms with Crippen LogP contribution in [-0.2, 0) is 9.63 Å². The predicted octanol–water partition coefficient (Wildman–Crippen LogP) is 0.193. The minimum Gasteiger partial charge on any atom is -0.392 e. The Hall–Kier alpha value is -1.34. The summed E-state index contributed by atoms with van der Waals surface area (Å²) in [5.74, 6) is -0.287. The zero-order valence-corrected chi connectivity index (χ0v) is 7.90. The Bertz CT molecular complexity index is 343. The van der Waals surface area contributed by atoms with Crippen molar-refractivity contribution in [3.8, 4) is 6.01 Å². The first-order chi connectivity index (χ1) is 6.79. The topological polar surface area (TPSA) is 73.3 Å². The molecule has 1 N–H and O–H groups in total. The molecule has 0 aromatic carbocycles. The van der Waals surface area contributed by atoms with Crippen molar-refractivity contribution in [2.75, 3.05) is 0 Å². The molecular weight excluding hydrogens is 206 g/mol. The van der Waals surface area contributed by atoms with Gasteiger partial charge in [0, 0.05) is 30.9 Å². The fourth-order valence-electron chi connectivity index (χ4n) is 1.13. The molecule has 1 atom stereocenters. The first-order valence-electron chi connectivity index (χ1n) is 3.88. The van der Waals surface area contributed by atoms with Crippen molar-refractivity contribution >= 4 is 18.9 Å². The lowest BCUT2D eigenvalue weighted by atomic mass is 10.1. The Morgan fingerprint density at radius 1 is 1.57 bits per heavy atom. The number of thiol groups is 1. The smallest absolute Gasteiger partial charge is 0.328 e. The van der Waals surface area contributed by atoms with Gasteiger partial charge in [0.15, 0.2) is 0 Å². The number of rotatable bonds is 2. The SMILES string of the molecule is O=C1CC(c2cnc(OS)nc2)NO1. The summed E-state index contributed by atoms with van der Waals surface area (Å²) in [5.41, 5.74) is 3.34. The summed E-state index contributed by atoms with van der Waals surface area (Å²) >= 11 is 3.55. The summed E-state index contributed by atoms with van der Waals surface area (Å²) in [6.45, 7) is 0. The molecule has 1 aromatic heterocycles. The lowest BCUT2D eigenvalue weighted by molar-refractivity contribution is -0.143. The van der Waals surface area contributed by atoms with Crippen LogP contribution in [-0.4, -0.2) is 15.9 Å². The van der Waals surface area contributed by atoms with Crippen LogP contribution in [0.15, 0.2) is 12.4 Å². The van der Waals surface area contributed by atoms with Gasteiger partial charge in [-0.05, 0) is 0 Å². The maximum absolute atomic E-state index is 10.8. The van der Waals surface area contributed by atoms with Gasteiger partial charge in [-0.25, -0.2) is 9.97 Å². The molecule has 14 heavy (non-hydrogen) atoms. The van der Waals surface area contributed by atoms with Crippen LogP contribution in [0.1, 0.15) is 18.0 Å². The first kappa shape index (κ1) is 9.22. The van der Waals surface area contributed by atoms with Crippen LogP contribution in [0.3, 0.4) is 0 Å². The molecule has 0 radical (unpaired) electrons. The van der Waals surface area contributed by atoms with Gasteiger partial charge in [0.1, 0.15) is 0 Å². The Morgan fingerprint density at radius 2 is 2.29 bits per heavy atom. The van der Waals surface area contributed by atoms with Crippen LogP contribution in [0, 0.1) is 0 Å². The molecule has 74 valence electrons. The molecule has 1 unspecified atom stereocenters. The normalized spacial score (nSPS) is 20.6. The van der Waals surface area contributed by atoms with Gasteiger partial charge >= 0.3 is 12.0 Å². The standard InChI is InChI=1S/C7H7N3O3S/c11-6-1-5(10-12-6)4-2-8-7(13-14)9-3-4/h2-3,5,10,14H,1H2. The lowest BCUT2D eigenvalue weighted by Crippen LogP contribution is -2.12. The van der Waals surface area contributed by atoms with Crippen molar-refractivity contribution in [2.45, 2.75) is 12.5 Å². The van der Waals surface area contributed by atoms with Gasteiger partial charge < -0.3 is 9.02 Å². The highest BCUT2D eigenvalue weighted by Crippen LogP contribution is 2.21. The third kappa shape index (κ3) is 1.78. The van der Waals surface area contributed by atoms with Crippen molar-refractivity contribution in [3.63, 3.8) is 0 Å². The third-order valence-corrected chi connectivity index (χ3v) is 1.98. The zero-order chi connectivity index (χ0) is 9.97. The van der Waals surface area contributed by atoms with E-state index in [0.29, 0.717) is 0 Å². The van der Waals surface area contributed by atoms with Crippen LogP contribution < -0.4 is 9.66 Å². The van der Waals surface area contributed by atoms with Gasteiger partial charge in [-0.15, -0.1) is 5.48 Å². The van der Waals surface area contributed by atoms with Gasteiger partial charge in [0.05, 0.1) is 12.5 Å². The second-order valence-electron chi connectivity index (χ2n) is 2.74. The average molecular weight is 213 g/mol. The minimum atomic E-state index is -0.287. The summed E-state index contributed by atoms with van der Waals surface area (Å²) in [4.78, 5) is 23.1. The van der Waals surface area contributed by atoms with Crippen LogP contribution in [0.2, 0.25) is 0 Å². The fraction of sp³-hybridized carbons (Fsp3) is 0.286.